The Labute approximate surface area is 171 Å². The zero-order valence-corrected chi connectivity index (χ0v) is 17.4. The number of aromatic amines is 1. The molecule has 3 aromatic rings. The van der Waals surface area contributed by atoms with Gasteiger partial charge in [-0.2, -0.15) is 5.10 Å². The molecule has 0 saturated carbocycles. The number of nitrogens with zero attached hydrogens (tertiary/aromatic N) is 3. The molecule has 28 heavy (non-hydrogen) atoms. The minimum absolute atomic E-state index is 0.0315. The van der Waals surface area contributed by atoms with Crippen molar-refractivity contribution in [3.05, 3.63) is 70.5 Å². The molecule has 1 aromatic heterocycles. The van der Waals surface area contributed by atoms with E-state index in [0.29, 0.717) is 17.1 Å². The van der Waals surface area contributed by atoms with Crippen molar-refractivity contribution in [3.63, 3.8) is 0 Å². The molecule has 0 spiro atoms. The highest BCUT2D eigenvalue weighted by Gasteiger charge is 2.21. The van der Waals surface area contributed by atoms with Gasteiger partial charge in [0.2, 0.25) is 5.91 Å². The van der Waals surface area contributed by atoms with Crippen LogP contribution in [-0.4, -0.2) is 31.6 Å². The minimum Gasteiger partial charge on any atom is -0.334 e. The molecule has 0 aliphatic rings. The maximum Gasteiger partial charge on any atom is 0.243 e. The maximum atomic E-state index is 13.2. The van der Waals surface area contributed by atoms with Crippen LogP contribution in [0.25, 0.3) is 11.4 Å². The topological polar surface area (TPSA) is 53.9 Å². The summed E-state index contributed by atoms with van der Waals surface area (Å²) in [7, 11) is 0. The average Bonchev–Trinajstić information content (AvgIpc) is 3.07. The predicted molar refractivity (Wildman–Crippen MR) is 114 cm³/mol. The van der Waals surface area contributed by atoms with Crippen LogP contribution >= 0.6 is 12.2 Å². The largest absolute Gasteiger partial charge is 0.334 e. The Morgan fingerprint density at radius 2 is 1.86 bits per heavy atom. The molecule has 6 heteroatoms. The van der Waals surface area contributed by atoms with Gasteiger partial charge in [0.1, 0.15) is 6.54 Å². The second kappa shape index (κ2) is 8.97. The molecule has 3 rings (SSSR count). The van der Waals surface area contributed by atoms with Gasteiger partial charge in [0, 0.05) is 18.2 Å². The number of aryl methyl sites for hydroxylation is 1. The molecule has 5 nitrogen and oxygen atoms in total. The molecular weight excluding hydrogens is 368 g/mol. The lowest BCUT2D eigenvalue weighted by Gasteiger charge is -2.29. The summed E-state index contributed by atoms with van der Waals surface area (Å²) >= 11 is 5.40. The Morgan fingerprint density at radius 1 is 1.18 bits per heavy atom. The van der Waals surface area contributed by atoms with Crippen LogP contribution in [0.5, 0.6) is 0 Å². The number of rotatable bonds is 7. The lowest BCUT2D eigenvalue weighted by Crippen LogP contribution is -2.39. The normalized spacial score (nSPS) is 12.0. The molecule has 146 valence electrons. The monoisotopic (exact) mass is 394 g/mol. The number of hydrogen-bond donors (Lipinski definition) is 1. The van der Waals surface area contributed by atoms with Crippen molar-refractivity contribution in [2.24, 2.45) is 0 Å². The summed E-state index contributed by atoms with van der Waals surface area (Å²) in [6.07, 6.45) is 0.889. The molecule has 1 amide bonds. The lowest BCUT2D eigenvalue weighted by molar-refractivity contribution is -0.134. The van der Waals surface area contributed by atoms with Crippen molar-refractivity contribution in [1.82, 2.24) is 19.7 Å². The second-order valence-electron chi connectivity index (χ2n) is 7.07. The molecule has 0 bridgehead atoms. The molecule has 1 atom stereocenters. The summed E-state index contributed by atoms with van der Waals surface area (Å²) in [5, 5.41) is 7.18. The van der Waals surface area contributed by atoms with Crippen LogP contribution in [0.2, 0.25) is 0 Å². The molecule has 1 unspecified atom stereocenters. The molecule has 0 fully saturated rings. The van der Waals surface area contributed by atoms with Crippen molar-refractivity contribution >= 4 is 18.1 Å². The highest BCUT2D eigenvalue weighted by Crippen LogP contribution is 2.19. The number of hydrogen-bond acceptors (Lipinski definition) is 3. The summed E-state index contributed by atoms with van der Waals surface area (Å²) in [6, 6.07) is 18.3. The zero-order valence-electron chi connectivity index (χ0n) is 16.6. The third-order valence-electron chi connectivity index (χ3n) is 5.00. The van der Waals surface area contributed by atoms with Crippen LogP contribution < -0.4 is 0 Å². The number of nitrogens with one attached hydrogen (secondary N) is 1. The number of benzene rings is 2. The summed E-state index contributed by atoms with van der Waals surface area (Å²) in [6.45, 7) is 6.96. The van der Waals surface area contributed by atoms with Gasteiger partial charge in [0.15, 0.2) is 10.6 Å². The van der Waals surface area contributed by atoms with E-state index >= 15 is 0 Å². The van der Waals surface area contributed by atoms with E-state index in [0.717, 1.165) is 17.5 Å². The summed E-state index contributed by atoms with van der Waals surface area (Å²) in [4.78, 5) is 15.1. The number of aromatic nitrogens is 3. The van der Waals surface area contributed by atoms with Gasteiger partial charge < -0.3 is 4.90 Å². The standard InChI is InChI=1S/C22H26N4OS/c1-4-17(3)25(14-18-8-6-5-7-9-18)20(27)15-26-21(23-24-22(26)28)19-12-10-16(2)11-13-19/h5-13,17H,4,14-15H2,1-3H3,(H,24,28). The Bertz CT molecular complexity index is 976. The van der Waals surface area contributed by atoms with Crippen LogP contribution in [0.3, 0.4) is 0 Å². The van der Waals surface area contributed by atoms with E-state index < -0.39 is 0 Å². The van der Waals surface area contributed by atoms with Crippen LogP contribution in [0.15, 0.2) is 54.6 Å². The number of H-pyrrole nitrogens is 1. The quantitative estimate of drug-likeness (QED) is 0.589. The third kappa shape index (κ3) is 4.57. The SMILES string of the molecule is CCC(C)N(Cc1ccccc1)C(=O)Cn1c(-c2ccc(C)cc2)n[nH]c1=S. The Balaban J connectivity index is 1.87. The molecule has 2 aromatic carbocycles. The van der Waals surface area contributed by atoms with Crippen molar-refractivity contribution in [1.29, 1.82) is 0 Å². The summed E-state index contributed by atoms with van der Waals surface area (Å²) < 4.78 is 2.23. The van der Waals surface area contributed by atoms with Crippen LogP contribution in [0.4, 0.5) is 0 Å². The molecule has 0 saturated heterocycles. The molecule has 0 aliphatic carbocycles. The Hall–Kier alpha value is -2.73. The number of amides is 1. The Kier molecular flexibility index (Phi) is 6.41. The van der Waals surface area contributed by atoms with Crippen molar-refractivity contribution in [2.45, 2.75) is 46.3 Å². The lowest BCUT2D eigenvalue weighted by atomic mass is 10.1. The van der Waals surface area contributed by atoms with Gasteiger partial charge in [-0.05, 0) is 38.0 Å². The number of carbonyl (C=O) groups excluding carboxylic acids is 1. The van der Waals surface area contributed by atoms with Crippen molar-refractivity contribution < 1.29 is 4.79 Å². The van der Waals surface area contributed by atoms with Crippen LogP contribution in [-0.2, 0) is 17.9 Å². The fourth-order valence-corrected chi connectivity index (χ4v) is 3.30. The van der Waals surface area contributed by atoms with E-state index in [1.807, 2.05) is 66.4 Å². The minimum atomic E-state index is 0.0315. The smallest absolute Gasteiger partial charge is 0.243 e. The van der Waals surface area contributed by atoms with Crippen LogP contribution in [0, 0.1) is 11.7 Å². The van der Waals surface area contributed by atoms with Crippen molar-refractivity contribution in [2.75, 3.05) is 0 Å². The molecule has 0 radical (unpaired) electrons. The van der Waals surface area contributed by atoms with E-state index in [2.05, 4.69) is 24.0 Å². The van der Waals surface area contributed by atoms with Crippen molar-refractivity contribution in [3.8, 4) is 11.4 Å². The van der Waals surface area contributed by atoms with Gasteiger partial charge in [-0.25, -0.2) is 0 Å². The highest BCUT2D eigenvalue weighted by molar-refractivity contribution is 7.71. The molecular formula is C22H26N4OS. The number of carbonyl (C=O) groups is 1. The molecule has 0 aliphatic heterocycles. The van der Waals surface area contributed by atoms with E-state index in [4.69, 9.17) is 12.2 Å². The molecule has 1 heterocycles. The highest BCUT2D eigenvalue weighted by atomic mass is 32.1. The third-order valence-corrected chi connectivity index (χ3v) is 5.31. The van der Waals surface area contributed by atoms with Gasteiger partial charge >= 0.3 is 0 Å². The summed E-state index contributed by atoms with van der Waals surface area (Å²) in [5.74, 6) is 0.714. The van der Waals surface area contributed by atoms with E-state index in [1.165, 1.54) is 5.56 Å². The van der Waals surface area contributed by atoms with Crippen LogP contribution in [0.1, 0.15) is 31.4 Å². The maximum absolute atomic E-state index is 13.2. The van der Waals surface area contributed by atoms with Gasteiger partial charge in [-0.3, -0.25) is 14.5 Å². The molecule has 1 N–H and O–H groups in total. The summed E-state index contributed by atoms with van der Waals surface area (Å²) in [5.41, 5.74) is 3.22. The van der Waals surface area contributed by atoms with Gasteiger partial charge in [-0.15, -0.1) is 0 Å². The van der Waals surface area contributed by atoms with E-state index in [1.54, 1.807) is 4.57 Å². The van der Waals surface area contributed by atoms with Gasteiger partial charge in [0.05, 0.1) is 0 Å². The van der Waals surface area contributed by atoms with E-state index in [9.17, 15) is 4.79 Å². The van der Waals surface area contributed by atoms with Gasteiger partial charge in [0.25, 0.3) is 0 Å². The first-order valence-electron chi connectivity index (χ1n) is 9.55. The predicted octanol–water partition coefficient (Wildman–Crippen LogP) is 4.74. The first-order valence-corrected chi connectivity index (χ1v) is 9.96. The van der Waals surface area contributed by atoms with E-state index in [-0.39, 0.29) is 18.5 Å². The zero-order chi connectivity index (χ0) is 20.1. The fourth-order valence-electron chi connectivity index (χ4n) is 3.10. The Morgan fingerprint density at radius 3 is 2.50 bits per heavy atom. The first-order chi connectivity index (χ1) is 13.5. The fraction of sp³-hybridized carbons (Fsp3) is 0.318. The first kappa shape index (κ1) is 20.0. The van der Waals surface area contributed by atoms with Gasteiger partial charge in [-0.1, -0.05) is 67.1 Å². The average molecular weight is 395 g/mol. The second-order valence-corrected chi connectivity index (χ2v) is 7.46.